The van der Waals surface area contributed by atoms with Crippen LogP contribution in [0.3, 0.4) is 0 Å². The molecule has 0 radical (unpaired) electrons. The molecule has 6 nitrogen and oxygen atoms in total. The van der Waals surface area contributed by atoms with E-state index in [1.807, 2.05) is 19.1 Å². The lowest BCUT2D eigenvalue weighted by molar-refractivity contribution is -0.116. The molecule has 1 aliphatic heterocycles. The first-order valence-electron chi connectivity index (χ1n) is 7.16. The summed E-state index contributed by atoms with van der Waals surface area (Å²) < 4.78 is 11.1. The Bertz CT molecular complexity index is 656. The Labute approximate surface area is 139 Å². The van der Waals surface area contributed by atoms with E-state index in [2.05, 4.69) is 22.1 Å². The van der Waals surface area contributed by atoms with E-state index in [1.165, 1.54) is 11.8 Å². The molecular weight excluding hydrogens is 314 g/mol. The lowest BCUT2D eigenvalue weighted by Crippen LogP contribution is -2.19. The molecular formula is C16H19N3O3S. The predicted octanol–water partition coefficient (Wildman–Crippen LogP) is 2.38. The molecule has 2 rings (SSSR count). The maximum atomic E-state index is 11.1. The second-order valence-electron chi connectivity index (χ2n) is 4.62. The molecule has 1 N–H and O–H groups in total. The van der Waals surface area contributed by atoms with Gasteiger partial charge in [-0.15, -0.1) is 11.7 Å². The Morgan fingerprint density at radius 2 is 2.30 bits per heavy atom. The smallest absolute Gasteiger partial charge is 0.236 e. The van der Waals surface area contributed by atoms with E-state index in [-0.39, 0.29) is 5.91 Å². The SMILES string of the molecule is C=CCc1cc(C=NN=C2NC(=O)CS2)cc(OCC)c1OC. The summed E-state index contributed by atoms with van der Waals surface area (Å²) in [5, 5.41) is 11.1. The Balaban J connectivity index is 2.26. The quantitative estimate of drug-likeness (QED) is 0.472. The molecule has 1 saturated heterocycles. The maximum Gasteiger partial charge on any atom is 0.236 e. The highest BCUT2D eigenvalue weighted by molar-refractivity contribution is 8.15. The van der Waals surface area contributed by atoms with Gasteiger partial charge in [0.1, 0.15) is 0 Å². The average molecular weight is 333 g/mol. The van der Waals surface area contributed by atoms with Crippen molar-refractivity contribution in [1.29, 1.82) is 0 Å². The number of nitrogens with one attached hydrogen (secondary N) is 1. The van der Waals surface area contributed by atoms with Crippen LogP contribution in [0.5, 0.6) is 11.5 Å². The number of amides is 1. The highest BCUT2D eigenvalue weighted by Gasteiger charge is 2.16. The van der Waals surface area contributed by atoms with Crippen LogP contribution in [0.2, 0.25) is 0 Å². The Hall–Kier alpha value is -2.28. The van der Waals surface area contributed by atoms with Crippen molar-refractivity contribution in [1.82, 2.24) is 5.32 Å². The van der Waals surface area contributed by atoms with E-state index in [9.17, 15) is 4.79 Å². The van der Waals surface area contributed by atoms with Crippen molar-refractivity contribution in [2.75, 3.05) is 19.5 Å². The molecule has 0 unspecified atom stereocenters. The molecule has 1 amide bonds. The monoisotopic (exact) mass is 333 g/mol. The second-order valence-corrected chi connectivity index (χ2v) is 5.59. The fourth-order valence-corrected chi connectivity index (χ4v) is 2.72. The normalized spacial score (nSPS) is 15.9. The van der Waals surface area contributed by atoms with Gasteiger partial charge in [0.05, 0.1) is 25.7 Å². The number of nitrogens with zero attached hydrogens (tertiary/aromatic N) is 2. The first-order chi connectivity index (χ1) is 11.2. The summed E-state index contributed by atoms with van der Waals surface area (Å²) in [6.45, 7) is 6.22. The topological polar surface area (TPSA) is 72.3 Å². The van der Waals surface area contributed by atoms with Crippen LogP contribution in [0.15, 0.2) is 35.0 Å². The summed E-state index contributed by atoms with van der Waals surface area (Å²) in [7, 11) is 1.62. The molecule has 122 valence electrons. The number of rotatable bonds is 7. The number of carbonyl (C=O) groups excluding carboxylic acids is 1. The van der Waals surface area contributed by atoms with Crippen molar-refractivity contribution in [3.8, 4) is 11.5 Å². The van der Waals surface area contributed by atoms with E-state index < -0.39 is 0 Å². The third-order valence-electron chi connectivity index (χ3n) is 2.96. The molecule has 0 aliphatic carbocycles. The highest BCUT2D eigenvalue weighted by Crippen LogP contribution is 2.33. The van der Waals surface area contributed by atoms with Gasteiger partial charge < -0.3 is 14.8 Å². The summed E-state index contributed by atoms with van der Waals surface area (Å²) in [6, 6.07) is 3.80. The largest absolute Gasteiger partial charge is 0.493 e. The number of benzene rings is 1. The van der Waals surface area contributed by atoms with Crippen LogP contribution in [-0.4, -0.2) is 36.8 Å². The van der Waals surface area contributed by atoms with Gasteiger partial charge in [-0.1, -0.05) is 17.8 Å². The van der Waals surface area contributed by atoms with Crippen molar-refractivity contribution >= 4 is 29.1 Å². The van der Waals surface area contributed by atoms with Gasteiger partial charge in [-0.05, 0) is 31.0 Å². The first kappa shape index (κ1) is 17.1. The third kappa shape index (κ3) is 4.59. The minimum atomic E-state index is -0.0553. The van der Waals surface area contributed by atoms with Crippen molar-refractivity contribution < 1.29 is 14.3 Å². The molecule has 23 heavy (non-hydrogen) atoms. The fourth-order valence-electron chi connectivity index (χ4n) is 2.09. The number of allylic oxidation sites excluding steroid dienone is 1. The van der Waals surface area contributed by atoms with Crippen LogP contribution in [0.1, 0.15) is 18.1 Å². The van der Waals surface area contributed by atoms with Crippen LogP contribution in [0.4, 0.5) is 0 Å². The molecule has 1 fully saturated rings. The number of thioether (sulfide) groups is 1. The molecule has 7 heteroatoms. The van der Waals surface area contributed by atoms with Gasteiger partial charge in [0, 0.05) is 5.56 Å². The van der Waals surface area contributed by atoms with Crippen LogP contribution in [-0.2, 0) is 11.2 Å². The van der Waals surface area contributed by atoms with Gasteiger partial charge in [0.25, 0.3) is 0 Å². The molecule has 1 aromatic carbocycles. The molecule has 0 saturated carbocycles. The maximum absolute atomic E-state index is 11.1. The van der Waals surface area contributed by atoms with Gasteiger partial charge >= 0.3 is 0 Å². The van der Waals surface area contributed by atoms with Crippen molar-refractivity contribution in [2.24, 2.45) is 10.2 Å². The van der Waals surface area contributed by atoms with Crippen molar-refractivity contribution in [3.63, 3.8) is 0 Å². The fraction of sp³-hybridized carbons (Fsp3) is 0.312. The first-order valence-corrected chi connectivity index (χ1v) is 8.14. The lowest BCUT2D eigenvalue weighted by Gasteiger charge is -2.14. The van der Waals surface area contributed by atoms with Gasteiger partial charge in [0.2, 0.25) is 5.91 Å². The lowest BCUT2D eigenvalue weighted by atomic mass is 10.1. The zero-order chi connectivity index (χ0) is 16.7. The number of ether oxygens (including phenoxy) is 2. The van der Waals surface area contributed by atoms with Gasteiger partial charge in [0.15, 0.2) is 16.7 Å². The highest BCUT2D eigenvalue weighted by atomic mass is 32.2. The molecule has 0 spiro atoms. The van der Waals surface area contributed by atoms with E-state index in [0.29, 0.717) is 35.4 Å². The molecule has 0 aromatic heterocycles. The number of carbonyl (C=O) groups is 1. The van der Waals surface area contributed by atoms with Crippen molar-refractivity contribution in [3.05, 3.63) is 35.9 Å². The average Bonchev–Trinajstić information content (AvgIpc) is 2.93. The minimum absolute atomic E-state index is 0.0553. The number of hydrogen-bond acceptors (Lipinski definition) is 6. The summed E-state index contributed by atoms with van der Waals surface area (Å²) in [6.07, 6.45) is 4.08. The summed E-state index contributed by atoms with van der Waals surface area (Å²) in [5.41, 5.74) is 1.80. The van der Waals surface area contributed by atoms with Crippen molar-refractivity contribution in [2.45, 2.75) is 13.3 Å². The standard InChI is InChI=1S/C16H19N3O3S/c1-4-6-12-7-11(8-13(22-5-2)15(12)21-3)9-17-19-16-18-14(20)10-23-16/h4,7-9H,1,5-6,10H2,2-3H3,(H,18,19,20). The van der Waals surface area contributed by atoms with Gasteiger partial charge in [-0.2, -0.15) is 5.10 Å². The Kier molecular flexibility index (Phi) is 6.22. The number of hydrogen-bond donors (Lipinski definition) is 1. The third-order valence-corrected chi connectivity index (χ3v) is 3.83. The van der Waals surface area contributed by atoms with Crippen LogP contribution in [0.25, 0.3) is 0 Å². The van der Waals surface area contributed by atoms with E-state index >= 15 is 0 Å². The molecule has 0 atom stereocenters. The van der Waals surface area contributed by atoms with E-state index in [4.69, 9.17) is 9.47 Å². The predicted molar refractivity (Wildman–Crippen MR) is 93.7 cm³/mol. The van der Waals surface area contributed by atoms with Crippen LogP contribution >= 0.6 is 11.8 Å². The number of methoxy groups -OCH3 is 1. The summed E-state index contributed by atoms with van der Waals surface area (Å²) in [4.78, 5) is 11.1. The number of amidine groups is 1. The summed E-state index contributed by atoms with van der Waals surface area (Å²) >= 11 is 1.33. The van der Waals surface area contributed by atoms with Crippen LogP contribution in [0, 0.1) is 0 Å². The van der Waals surface area contributed by atoms with E-state index in [0.717, 1.165) is 11.1 Å². The molecule has 1 aromatic rings. The molecule has 1 heterocycles. The summed E-state index contributed by atoms with van der Waals surface area (Å²) in [5.74, 6) is 1.69. The van der Waals surface area contributed by atoms with Crippen LogP contribution < -0.4 is 14.8 Å². The van der Waals surface area contributed by atoms with Gasteiger partial charge in [-0.25, -0.2) is 0 Å². The van der Waals surface area contributed by atoms with Gasteiger partial charge in [-0.3, -0.25) is 4.79 Å². The Morgan fingerprint density at radius 1 is 1.48 bits per heavy atom. The van der Waals surface area contributed by atoms with E-state index in [1.54, 1.807) is 19.4 Å². The molecule has 0 bridgehead atoms. The minimum Gasteiger partial charge on any atom is -0.493 e. The second kappa shape index (κ2) is 8.38. The molecule has 1 aliphatic rings. The zero-order valence-electron chi connectivity index (χ0n) is 13.2. The zero-order valence-corrected chi connectivity index (χ0v) is 14.0. The Morgan fingerprint density at radius 3 is 2.91 bits per heavy atom.